The summed E-state index contributed by atoms with van der Waals surface area (Å²) in [5.41, 5.74) is 8.79. The van der Waals surface area contributed by atoms with E-state index in [2.05, 4.69) is 0 Å². The molecule has 15 heavy (non-hydrogen) atoms. The first-order valence-electron chi connectivity index (χ1n) is 4.75. The second-order valence-electron chi connectivity index (χ2n) is 3.31. The summed E-state index contributed by atoms with van der Waals surface area (Å²) in [4.78, 5) is -0.0245. The van der Waals surface area contributed by atoms with E-state index in [1.807, 2.05) is 0 Å². The first kappa shape index (κ1) is 12.0. The van der Waals surface area contributed by atoms with E-state index in [4.69, 9.17) is 10.3 Å². The molecular formula is C10H14NO3S. The minimum atomic E-state index is -4.19. The van der Waals surface area contributed by atoms with Gasteiger partial charge in [0.25, 0.3) is 10.1 Å². The quantitative estimate of drug-likeness (QED) is 0.803. The van der Waals surface area contributed by atoms with Crippen molar-refractivity contribution >= 4 is 15.8 Å². The van der Waals surface area contributed by atoms with Crippen LogP contribution in [0.3, 0.4) is 0 Å². The summed E-state index contributed by atoms with van der Waals surface area (Å²) >= 11 is 0. The fraction of sp³-hybridized carbons (Fsp3) is 0.400. The van der Waals surface area contributed by atoms with Crippen LogP contribution in [-0.4, -0.2) is 13.0 Å². The molecule has 0 unspecified atom stereocenters. The molecule has 1 aromatic carbocycles. The minimum absolute atomic E-state index is 0.0245. The largest absolute Gasteiger partial charge is 0.301 e. The predicted molar refractivity (Wildman–Crippen MR) is 57.8 cm³/mol. The van der Waals surface area contributed by atoms with E-state index in [-0.39, 0.29) is 10.6 Å². The van der Waals surface area contributed by atoms with Crippen molar-refractivity contribution in [1.29, 1.82) is 0 Å². The average Bonchev–Trinajstić information content (AvgIpc) is 2.14. The Labute approximate surface area is 89.9 Å². The highest BCUT2D eigenvalue weighted by Gasteiger charge is 2.19. The Morgan fingerprint density at radius 3 is 1.87 bits per heavy atom. The molecule has 83 valence electrons. The van der Waals surface area contributed by atoms with Gasteiger partial charge in [-0.2, -0.15) is 8.42 Å². The first-order valence-corrected chi connectivity index (χ1v) is 6.19. The van der Waals surface area contributed by atoms with Crippen LogP contribution >= 0.6 is 0 Å². The predicted octanol–water partition coefficient (Wildman–Crippen LogP) is 1.97. The lowest BCUT2D eigenvalue weighted by atomic mass is 10.1. The highest BCUT2D eigenvalue weighted by molar-refractivity contribution is 7.86. The van der Waals surface area contributed by atoms with Crippen LogP contribution in [0.4, 0.5) is 5.69 Å². The van der Waals surface area contributed by atoms with Gasteiger partial charge in [0.1, 0.15) is 4.90 Å². The van der Waals surface area contributed by atoms with Gasteiger partial charge in [-0.1, -0.05) is 13.8 Å². The minimum Gasteiger partial charge on any atom is -0.301 e. The molecule has 1 radical (unpaired) electrons. The zero-order chi connectivity index (χ0) is 11.6. The molecule has 0 amide bonds. The van der Waals surface area contributed by atoms with Gasteiger partial charge in [-0.3, -0.25) is 4.55 Å². The molecule has 1 rings (SSSR count). The lowest BCUT2D eigenvalue weighted by Crippen LogP contribution is -2.07. The van der Waals surface area contributed by atoms with E-state index in [0.717, 1.165) is 0 Å². The molecule has 1 aromatic rings. The highest BCUT2D eigenvalue weighted by Crippen LogP contribution is 2.25. The van der Waals surface area contributed by atoms with Crippen molar-refractivity contribution in [3.63, 3.8) is 0 Å². The van der Waals surface area contributed by atoms with Crippen LogP contribution in [0.15, 0.2) is 17.0 Å². The number of hydrogen-bond donors (Lipinski definition) is 1. The second kappa shape index (κ2) is 4.20. The van der Waals surface area contributed by atoms with Crippen LogP contribution in [0.25, 0.3) is 0 Å². The molecule has 0 saturated carbocycles. The second-order valence-corrected chi connectivity index (χ2v) is 4.66. The number of benzene rings is 1. The van der Waals surface area contributed by atoms with E-state index < -0.39 is 10.1 Å². The third-order valence-electron chi connectivity index (χ3n) is 2.26. The molecular weight excluding hydrogens is 214 g/mol. The topological polar surface area (TPSA) is 78.2 Å². The summed E-state index contributed by atoms with van der Waals surface area (Å²) in [6.07, 6.45) is 0.962. The maximum Gasteiger partial charge on any atom is 0.295 e. The zero-order valence-corrected chi connectivity index (χ0v) is 9.56. The Kier molecular flexibility index (Phi) is 3.36. The van der Waals surface area contributed by atoms with Crippen molar-refractivity contribution in [3.8, 4) is 0 Å². The van der Waals surface area contributed by atoms with Crippen LogP contribution in [0.2, 0.25) is 0 Å². The van der Waals surface area contributed by atoms with E-state index >= 15 is 0 Å². The maximum atomic E-state index is 11.2. The van der Waals surface area contributed by atoms with Crippen LogP contribution in [0.1, 0.15) is 25.0 Å². The SMILES string of the molecule is CCc1cc([NH])cc(CC)c1S(=O)(=O)O. The van der Waals surface area contributed by atoms with Crippen LogP contribution < -0.4 is 5.73 Å². The van der Waals surface area contributed by atoms with Gasteiger partial charge in [-0.15, -0.1) is 0 Å². The summed E-state index contributed by atoms with van der Waals surface area (Å²) < 4.78 is 31.5. The van der Waals surface area contributed by atoms with Crippen molar-refractivity contribution in [3.05, 3.63) is 23.3 Å². The monoisotopic (exact) mass is 228 g/mol. The third-order valence-corrected chi connectivity index (χ3v) is 3.30. The molecule has 0 heterocycles. The molecule has 0 bridgehead atoms. The van der Waals surface area contributed by atoms with Crippen molar-refractivity contribution in [1.82, 2.24) is 5.73 Å². The van der Waals surface area contributed by atoms with E-state index in [0.29, 0.717) is 24.0 Å². The van der Waals surface area contributed by atoms with Crippen molar-refractivity contribution < 1.29 is 13.0 Å². The third kappa shape index (κ3) is 2.49. The molecule has 0 aromatic heterocycles. The smallest absolute Gasteiger partial charge is 0.295 e. The normalized spacial score (nSPS) is 11.7. The van der Waals surface area contributed by atoms with Gasteiger partial charge >= 0.3 is 0 Å². The van der Waals surface area contributed by atoms with Crippen molar-refractivity contribution in [2.45, 2.75) is 31.6 Å². The summed E-state index contributed by atoms with van der Waals surface area (Å²) in [6.45, 7) is 3.59. The molecule has 0 saturated heterocycles. The first-order chi connectivity index (χ1) is 6.90. The maximum absolute atomic E-state index is 11.2. The summed E-state index contributed by atoms with van der Waals surface area (Å²) in [5.74, 6) is 0. The molecule has 0 fully saturated rings. The van der Waals surface area contributed by atoms with E-state index in [9.17, 15) is 8.42 Å². The molecule has 4 nitrogen and oxygen atoms in total. The lowest BCUT2D eigenvalue weighted by Gasteiger charge is -2.10. The van der Waals surface area contributed by atoms with Gasteiger partial charge in [-0.05, 0) is 36.1 Å². The number of aryl methyl sites for hydroxylation is 2. The average molecular weight is 228 g/mol. The molecule has 0 spiro atoms. The Morgan fingerprint density at radius 1 is 1.20 bits per heavy atom. The van der Waals surface area contributed by atoms with Gasteiger partial charge in [0.2, 0.25) is 0 Å². The van der Waals surface area contributed by atoms with Crippen LogP contribution in [0, 0.1) is 0 Å². The van der Waals surface area contributed by atoms with Gasteiger partial charge in [-0.25, -0.2) is 0 Å². The molecule has 2 N–H and O–H groups in total. The molecule has 0 aliphatic rings. The van der Waals surface area contributed by atoms with E-state index in [1.165, 1.54) is 12.1 Å². The van der Waals surface area contributed by atoms with Crippen LogP contribution in [0.5, 0.6) is 0 Å². The Bertz CT molecular complexity index is 441. The fourth-order valence-electron chi connectivity index (χ4n) is 1.61. The zero-order valence-electron chi connectivity index (χ0n) is 8.74. The van der Waals surface area contributed by atoms with E-state index in [1.54, 1.807) is 13.8 Å². The Balaban J connectivity index is 3.59. The van der Waals surface area contributed by atoms with Crippen molar-refractivity contribution in [2.24, 2.45) is 0 Å². The van der Waals surface area contributed by atoms with Crippen molar-refractivity contribution in [2.75, 3.05) is 0 Å². The Hall–Kier alpha value is -1.07. The molecule has 0 aliphatic heterocycles. The summed E-state index contributed by atoms with van der Waals surface area (Å²) in [5, 5.41) is 0. The van der Waals surface area contributed by atoms with Gasteiger partial charge in [0, 0.05) is 0 Å². The lowest BCUT2D eigenvalue weighted by molar-refractivity contribution is 0.481. The highest BCUT2D eigenvalue weighted by atomic mass is 32.2. The van der Waals surface area contributed by atoms with Gasteiger partial charge in [0.05, 0.1) is 5.69 Å². The van der Waals surface area contributed by atoms with Gasteiger partial charge < -0.3 is 5.73 Å². The molecule has 0 atom stereocenters. The molecule has 0 aliphatic carbocycles. The standard InChI is InChI=1S/C10H14NO3S/c1-3-7-5-9(11)6-8(4-2)10(7)15(12,13)14/h5-6,11H,3-4H2,1-2H3,(H,12,13,14). The number of hydrogen-bond acceptors (Lipinski definition) is 2. The number of rotatable bonds is 3. The molecule has 5 heteroatoms. The van der Waals surface area contributed by atoms with Crippen LogP contribution in [-0.2, 0) is 23.0 Å². The summed E-state index contributed by atoms with van der Waals surface area (Å²) in [6, 6.07) is 2.95. The number of nitrogens with one attached hydrogen (secondary N) is 1. The van der Waals surface area contributed by atoms with Gasteiger partial charge in [0.15, 0.2) is 0 Å². The fourth-order valence-corrected chi connectivity index (χ4v) is 2.68. The summed E-state index contributed by atoms with van der Waals surface area (Å²) in [7, 11) is -4.19. The Morgan fingerprint density at radius 2 is 1.60 bits per heavy atom.